The molecule has 0 radical (unpaired) electrons. The Hall–Kier alpha value is -2.62. The molecule has 0 aliphatic carbocycles. The molecule has 3 rings (SSSR count). The fourth-order valence-corrected chi connectivity index (χ4v) is 2.40. The third-order valence-electron chi connectivity index (χ3n) is 3.50. The summed E-state index contributed by atoms with van der Waals surface area (Å²) in [6, 6.07) is 5.23. The highest BCUT2D eigenvalue weighted by molar-refractivity contribution is 5.80. The first-order chi connectivity index (χ1) is 9.69. The molecule has 2 aromatic rings. The van der Waals surface area contributed by atoms with E-state index in [1.54, 1.807) is 38.8 Å². The molecule has 0 spiro atoms. The minimum Gasteiger partial charge on any atom is -0.333 e. The summed E-state index contributed by atoms with van der Waals surface area (Å²) >= 11 is 0. The maximum atomic E-state index is 12.5. The zero-order valence-corrected chi connectivity index (χ0v) is 11.1. The number of nitriles is 1. The molecule has 0 saturated carbocycles. The van der Waals surface area contributed by atoms with E-state index in [9.17, 15) is 4.79 Å². The highest BCUT2D eigenvalue weighted by Crippen LogP contribution is 2.17. The molecular weight excluding hydrogens is 256 g/mol. The Balaban J connectivity index is 1.76. The zero-order chi connectivity index (χ0) is 14.1. The number of carbonyl (C=O) groups excluding carboxylic acids is 1. The van der Waals surface area contributed by atoms with Crippen LogP contribution in [0.5, 0.6) is 0 Å². The largest absolute Gasteiger partial charge is 0.333 e. The fourth-order valence-electron chi connectivity index (χ4n) is 2.40. The predicted octanol–water partition coefficient (Wildman–Crippen LogP) is 0.555. The summed E-state index contributed by atoms with van der Waals surface area (Å²) in [7, 11) is 0. The predicted molar refractivity (Wildman–Crippen MR) is 69.3 cm³/mol. The van der Waals surface area contributed by atoms with Crippen molar-refractivity contribution in [2.24, 2.45) is 0 Å². The maximum Gasteiger partial charge on any atom is 0.247 e. The van der Waals surface area contributed by atoms with E-state index in [1.165, 1.54) is 0 Å². The van der Waals surface area contributed by atoms with Gasteiger partial charge in [0.1, 0.15) is 12.1 Å². The topological polar surface area (TPSA) is 79.7 Å². The van der Waals surface area contributed by atoms with Crippen LogP contribution in [0.25, 0.3) is 0 Å². The van der Waals surface area contributed by atoms with Crippen LogP contribution in [0.15, 0.2) is 24.5 Å². The SMILES string of the molecule is C[C@H](C(=O)N1CCn2nc(C#N)cc2C1)n1cccn1. The summed E-state index contributed by atoms with van der Waals surface area (Å²) in [4.78, 5) is 14.2. The number of aromatic nitrogens is 4. The zero-order valence-electron chi connectivity index (χ0n) is 11.1. The van der Waals surface area contributed by atoms with Crippen LogP contribution < -0.4 is 0 Å². The number of hydrogen-bond acceptors (Lipinski definition) is 4. The van der Waals surface area contributed by atoms with E-state index >= 15 is 0 Å². The lowest BCUT2D eigenvalue weighted by Gasteiger charge is -2.29. The molecule has 0 bridgehead atoms. The number of nitrogens with zero attached hydrogens (tertiary/aromatic N) is 6. The Morgan fingerprint density at radius 3 is 3.05 bits per heavy atom. The van der Waals surface area contributed by atoms with Crippen LogP contribution in [0.1, 0.15) is 24.4 Å². The standard InChI is InChI=1S/C13H14N6O/c1-10(18-4-2-3-15-18)13(20)17-5-6-19-12(9-17)7-11(8-14)16-19/h2-4,7,10H,5-6,9H2,1H3/t10-/m1/s1. The Labute approximate surface area is 116 Å². The molecule has 1 aliphatic heterocycles. The number of carbonyl (C=O) groups is 1. The van der Waals surface area contributed by atoms with Gasteiger partial charge in [0.2, 0.25) is 5.91 Å². The molecule has 0 saturated heterocycles. The summed E-state index contributed by atoms with van der Waals surface area (Å²) in [5, 5.41) is 17.1. The quantitative estimate of drug-likeness (QED) is 0.798. The average Bonchev–Trinajstić information content (AvgIpc) is 3.13. The Morgan fingerprint density at radius 1 is 1.50 bits per heavy atom. The molecule has 20 heavy (non-hydrogen) atoms. The van der Waals surface area contributed by atoms with E-state index in [4.69, 9.17) is 5.26 Å². The molecule has 1 atom stereocenters. The summed E-state index contributed by atoms with van der Waals surface area (Å²) in [5.74, 6) is 0.0275. The molecule has 3 heterocycles. The van der Waals surface area contributed by atoms with Gasteiger partial charge < -0.3 is 4.90 Å². The van der Waals surface area contributed by atoms with Crippen molar-refractivity contribution in [1.29, 1.82) is 5.26 Å². The van der Waals surface area contributed by atoms with Crippen molar-refractivity contribution in [2.45, 2.75) is 26.1 Å². The molecule has 0 fully saturated rings. The van der Waals surface area contributed by atoms with Crippen molar-refractivity contribution < 1.29 is 4.79 Å². The van der Waals surface area contributed by atoms with Gasteiger partial charge in [0.25, 0.3) is 0 Å². The molecule has 0 unspecified atom stereocenters. The lowest BCUT2D eigenvalue weighted by Crippen LogP contribution is -2.41. The second-order valence-electron chi connectivity index (χ2n) is 4.78. The summed E-state index contributed by atoms with van der Waals surface area (Å²) in [6.07, 6.45) is 3.44. The van der Waals surface area contributed by atoms with Gasteiger partial charge in [0.05, 0.1) is 18.8 Å². The van der Waals surface area contributed by atoms with Crippen LogP contribution >= 0.6 is 0 Å². The fraction of sp³-hybridized carbons (Fsp3) is 0.385. The molecule has 2 aromatic heterocycles. The number of hydrogen-bond donors (Lipinski definition) is 0. The average molecular weight is 270 g/mol. The second kappa shape index (κ2) is 4.81. The van der Waals surface area contributed by atoms with Gasteiger partial charge in [0.15, 0.2) is 5.69 Å². The summed E-state index contributed by atoms with van der Waals surface area (Å²) in [5.41, 5.74) is 1.29. The van der Waals surface area contributed by atoms with Crippen molar-refractivity contribution in [2.75, 3.05) is 6.54 Å². The molecule has 0 N–H and O–H groups in total. The van der Waals surface area contributed by atoms with Crippen molar-refractivity contribution in [3.8, 4) is 6.07 Å². The lowest BCUT2D eigenvalue weighted by atomic mass is 10.2. The Kier molecular flexibility index (Phi) is 2.99. The lowest BCUT2D eigenvalue weighted by molar-refractivity contribution is -0.136. The van der Waals surface area contributed by atoms with Gasteiger partial charge in [-0.25, -0.2) is 0 Å². The minimum atomic E-state index is -0.324. The maximum absolute atomic E-state index is 12.5. The van der Waals surface area contributed by atoms with Crippen LogP contribution in [-0.4, -0.2) is 36.9 Å². The molecule has 1 aliphatic rings. The van der Waals surface area contributed by atoms with Crippen LogP contribution in [0.2, 0.25) is 0 Å². The van der Waals surface area contributed by atoms with Crippen molar-refractivity contribution >= 4 is 5.91 Å². The van der Waals surface area contributed by atoms with Gasteiger partial charge in [-0.3, -0.25) is 14.2 Å². The number of rotatable bonds is 2. The molecular formula is C13H14N6O. The second-order valence-corrected chi connectivity index (χ2v) is 4.78. The van der Waals surface area contributed by atoms with E-state index in [1.807, 2.05) is 13.0 Å². The first-order valence-electron chi connectivity index (χ1n) is 6.44. The van der Waals surface area contributed by atoms with E-state index in [-0.39, 0.29) is 11.9 Å². The van der Waals surface area contributed by atoms with Crippen molar-refractivity contribution in [3.05, 3.63) is 35.9 Å². The summed E-state index contributed by atoms with van der Waals surface area (Å²) < 4.78 is 3.44. The summed E-state index contributed by atoms with van der Waals surface area (Å²) in [6.45, 7) is 3.54. The van der Waals surface area contributed by atoms with Gasteiger partial charge >= 0.3 is 0 Å². The smallest absolute Gasteiger partial charge is 0.247 e. The van der Waals surface area contributed by atoms with Gasteiger partial charge in [-0.15, -0.1) is 0 Å². The molecule has 102 valence electrons. The monoisotopic (exact) mass is 270 g/mol. The van der Waals surface area contributed by atoms with Gasteiger partial charge in [-0.2, -0.15) is 15.5 Å². The van der Waals surface area contributed by atoms with Crippen molar-refractivity contribution in [1.82, 2.24) is 24.5 Å². The Morgan fingerprint density at radius 2 is 2.35 bits per heavy atom. The van der Waals surface area contributed by atoms with Crippen LogP contribution in [0.3, 0.4) is 0 Å². The van der Waals surface area contributed by atoms with E-state index < -0.39 is 0 Å². The Bertz CT molecular complexity index is 666. The third kappa shape index (κ3) is 2.05. The van der Waals surface area contributed by atoms with Gasteiger partial charge in [0, 0.05) is 18.9 Å². The van der Waals surface area contributed by atoms with E-state index in [2.05, 4.69) is 10.2 Å². The van der Waals surface area contributed by atoms with E-state index in [0.717, 1.165) is 5.69 Å². The van der Waals surface area contributed by atoms with Crippen LogP contribution in [-0.2, 0) is 17.9 Å². The first-order valence-corrected chi connectivity index (χ1v) is 6.44. The van der Waals surface area contributed by atoms with Gasteiger partial charge in [-0.1, -0.05) is 0 Å². The number of amides is 1. The van der Waals surface area contributed by atoms with Crippen molar-refractivity contribution in [3.63, 3.8) is 0 Å². The molecule has 7 nitrogen and oxygen atoms in total. The molecule has 1 amide bonds. The highest BCUT2D eigenvalue weighted by atomic mass is 16.2. The van der Waals surface area contributed by atoms with Crippen LogP contribution in [0, 0.1) is 11.3 Å². The van der Waals surface area contributed by atoms with Gasteiger partial charge in [-0.05, 0) is 19.1 Å². The molecule has 7 heteroatoms. The minimum absolute atomic E-state index is 0.0275. The number of fused-ring (bicyclic) bond motifs is 1. The highest BCUT2D eigenvalue weighted by Gasteiger charge is 2.26. The molecule has 0 aromatic carbocycles. The first kappa shape index (κ1) is 12.4. The third-order valence-corrected chi connectivity index (χ3v) is 3.50. The normalized spacial score (nSPS) is 15.5. The van der Waals surface area contributed by atoms with Crippen LogP contribution in [0.4, 0.5) is 0 Å². The van der Waals surface area contributed by atoms with E-state index in [0.29, 0.717) is 25.3 Å².